The van der Waals surface area contributed by atoms with Crippen molar-refractivity contribution in [1.82, 2.24) is 4.90 Å². The van der Waals surface area contributed by atoms with Crippen LogP contribution in [0.2, 0.25) is 0 Å². The van der Waals surface area contributed by atoms with E-state index in [9.17, 15) is 0 Å². The minimum Gasteiger partial charge on any atom is -0.396 e. The molecule has 0 bridgehead atoms. The first-order valence-electron chi connectivity index (χ1n) is 7.17. The third-order valence-corrected chi connectivity index (χ3v) is 4.43. The molecular formula is C17H29NO. The Morgan fingerprint density at radius 2 is 1.63 bits per heavy atom. The summed E-state index contributed by atoms with van der Waals surface area (Å²) in [5, 5.41) is 9.12. The van der Waals surface area contributed by atoms with E-state index < -0.39 is 0 Å². The molecule has 0 atom stereocenters. The Labute approximate surface area is 118 Å². The van der Waals surface area contributed by atoms with E-state index in [1.807, 2.05) is 0 Å². The molecule has 0 radical (unpaired) electrons. The molecule has 0 amide bonds. The molecule has 0 spiro atoms. The van der Waals surface area contributed by atoms with Gasteiger partial charge in [0, 0.05) is 18.7 Å². The van der Waals surface area contributed by atoms with Gasteiger partial charge in [-0.3, -0.25) is 0 Å². The topological polar surface area (TPSA) is 23.5 Å². The summed E-state index contributed by atoms with van der Waals surface area (Å²) < 4.78 is 0. The number of hydrogen-bond donors (Lipinski definition) is 1. The Morgan fingerprint density at radius 3 is 2.21 bits per heavy atom. The van der Waals surface area contributed by atoms with E-state index in [1.54, 1.807) is 0 Å². The predicted octanol–water partition coefficient (Wildman–Crippen LogP) is 3.25. The molecule has 0 aliphatic carbocycles. The van der Waals surface area contributed by atoms with Crippen LogP contribution >= 0.6 is 0 Å². The Kier molecular flexibility index (Phi) is 5.57. The highest BCUT2D eigenvalue weighted by Crippen LogP contribution is 2.19. The fraction of sp³-hybridized carbons (Fsp3) is 0.647. The second kappa shape index (κ2) is 6.53. The predicted molar refractivity (Wildman–Crippen MR) is 82.8 cm³/mol. The van der Waals surface area contributed by atoms with E-state index in [1.165, 1.54) is 22.3 Å². The van der Waals surface area contributed by atoms with Gasteiger partial charge < -0.3 is 10.0 Å². The largest absolute Gasteiger partial charge is 0.396 e. The number of benzene rings is 1. The number of aliphatic hydroxyl groups excluding tert-OH is 1. The summed E-state index contributed by atoms with van der Waals surface area (Å²) in [5.41, 5.74) is 5.63. The third kappa shape index (κ3) is 4.32. The smallest absolute Gasteiger partial charge is 0.0448 e. The van der Waals surface area contributed by atoms with Crippen LogP contribution in [0, 0.1) is 20.8 Å². The van der Waals surface area contributed by atoms with Crippen molar-refractivity contribution in [3.8, 4) is 0 Å². The fourth-order valence-corrected chi connectivity index (χ4v) is 2.34. The van der Waals surface area contributed by atoms with Crippen LogP contribution in [0.5, 0.6) is 0 Å². The normalized spacial score (nSPS) is 12.2. The molecule has 1 N–H and O–H groups in total. The first-order chi connectivity index (χ1) is 8.77. The van der Waals surface area contributed by atoms with Crippen LogP contribution in [0.25, 0.3) is 0 Å². The zero-order chi connectivity index (χ0) is 14.6. The van der Waals surface area contributed by atoms with Crippen molar-refractivity contribution in [1.29, 1.82) is 0 Å². The van der Waals surface area contributed by atoms with Crippen molar-refractivity contribution >= 4 is 0 Å². The van der Waals surface area contributed by atoms with E-state index in [0.29, 0.717) is 0 Å². The van der Waals surface area contributed by atoms with Crippen LogP contribution in [0.15, 0.2) is 12.1 Å². The molecule has 0 saturated carbocycles. The minimum atomic E-state index is 0.0579. The van der Waals surface area contributed by atoms with Crippen LogP contribution in [-0.4, -0.2) is 35.7 Å². The Bertz CT molecular complexity index is 424. The average Bonchev–Trinajstić information content (AvgIpc) is 2.31. The summed E-state index contributed by atoms with van der Waals surface area (Å²) in [5.74, 6) is 0. The molecule has 0 unspecified atom stereocenters. The summed E-state index contributed by atoms with van der Waals surface area (Å²) in [6.07, 6.45) is 1.88. The molecule has 2 heteroatoms. The summed E-state index contributed by atoms with van der Waals surface area (Å²) in [4.78, 5) is 2.35. The fourth-order valence-electron chi connectivity index (χ4n) is 2.34. The molecule has 0 fully saturated rings. The molecule has 2 nitrogen and oxygen atoms in total. The van der Waals surface area contributed by atoms with Crippen LogP contribution in [0.3, 0.4) is 0 Å². The second-order valence-electron chi connectivity index (χ2n) is 6.32. The quantitative estimate of drug-likeness (QED) is 0.851. The average molecular weight is 263 g/mol. The molecule has 0 aliphatic heterocycles. The Hall–Kier alpha value is -0.860. The number of aliphatic hydroxyl groups is 1. The van der Waals surface area contributed by atoms with Gasteiger partial charge in [0.05, 0.1) is 0 Å². The van der Waals surface area contributed by atoms with Crippen molar-refractivity contribution in [3.63, 3.8) is 0 Å². The molecule has 108 valence electrons. The number of rotatable bonds is 6. The minimum absolute atomic E-state index is 0.0579. The lowest BCUT2D eigenvalue weighted by Crippen LogP contribution is -2.42. The van der Waals surface area contributed by atoms with Gasteiger partial charge in [0.15, 0.2) is 0 Å². The maximum absolute atomic E-state index is 9.12. The Morgan fingerprint density at radius 1 is 1.05 bits per heavy atom. The highest BCUT2D eigenvalue weighted by atomic mass is 16.3. The van der Waals surface area contributed by atoms with E-state index in [0.717, 1.165) is 19.4 Å². The second-order valence-corrected chi connectivity index (χ2v) is 6.32. The molecule has 19 heavy (non-hydrogen) atoms. The standard InChI is InChI=1S/C17H29NO/c1-13-11-15(3)16(12-14(13)2)7-9-18(6)17(4,5)8-10-19/h11-12,19H,7-10H2,1-6H3. The van der Waals surface area contributed by atoms with Crippen LogP contribution in [0.4, 0.5) is 0 Å². The van der Waals surface area contributed by atoms with Gasteiger partial charge in [-0.1, -0.05) is 12.1 Å². The monoisotopic (exact) mass is 263 g/mol. The third-order valence-electron chi connectivity index (χ3n) is 4.43. The van der Waals surface area contributed by atoms with Gasteiger partial charge in [0.1, 0.15) is 0 Å². The van der Waals surface area contributed by atoms with Gasteiger partial charge in [-0.15, -0.1) is 0 Å². The zero-order valence-electron chi connectivity index (χ0n) is 13.4. The molecule has 1 aromatic carbocycles. The van der Waals surface area contributed by atoms with E-state index in [4.69, 9.17) is 5.11 Å². The van der Waals surface area contributed by atoms with Gasteiger partial charge in [-0.25, -0.2) is 0 Å². The zero-order valence-corrected chi connectivity index (χ0v) is 13.4. The number of aryl methyl sites for hydroxylation is 3. The van der Waals surface area contributed by atoms with Crippen molar-refractivity contribution in [3.05, 3.63) is 34.4 Å². The highest BCUT2D eigenvalue weighted by Gasteiger charge is 2.22. The lowest BCUT2D eigenvalue weighted by molar-refractivity contribution is 0.117. The van der Waals surface area contributed by atoms with Gasteiger partial charge in [-0.05, 0) is 76.8 Å². The summed E-state index contributed by atoms with van der Waals surface area (Å²) in [7, 11) is 2.14. The van der Waals surface area contributed by atoms with E-state index in [-0.39, 0.29) is 12.1 Å². The maximum atomic E-state index is 9.12. The van der Waals surface area contributed by atoms with Crippen molar-refractivity contribution in [2.24, 2.45) is 0 Å². The number of nitrogens with zero attached hydrogens (tertiary/aromatic N) is 1. The molecule has 0 saturated heterocycles. The number of hydrogen-bond acceptors (Lipinski definition) is 2. The molecule has 1 aromatic rings. The van der Waals surface area contributed by atoms with E-state index >= 15 is 0 Å². The number of likely N-dealkylation sites (N-methyl/N-ethyl adjacent to an activating group) is 1. The lowest BCUT2D eigenvalue weighted by Gasteiger charge is -2.35. The van der Waals surface area contributed by atoms with Gasteiger partial charge >= 0.3 is 0 Å². The van der Waals surface area contributed by atoms with Crippen molar-refractivity contribution in [2.75, 3.05) is 20.2 Å². The van der Waals surface area contributed by atoms with Crippen LogP contribution in [0.1, 0.15) is 42.5 Å². The van der Waals surface area contributed by atoms with Crippen molar-refractivity contribution in [2.45, 2.75) is 53.0 Å². The SMILES string of the molecule is Cc1cc(C)c(CCN(C)C(C)(C)CCO)cc1C. The van der Waals surface area contributed by atoms with E-state index in [2.05, 4.69) is 58.7 Å². The molecule has 0 aliphatic rings. The van der Waals surface area contributed by atoms with Gasteiger partial charge in [0.25, 0.3) is 0 Å². The molecule has 0 aromatic heterocycles. The van der Waals surface area contributed by atoms with Gasteiger partial charge in [-0.2, -0.15) is 0 Å². The summed E-state index contributed by atoms with van der Waals surface area (Å²) in [6, 6.07) is 4.60. The highest BCUT2D eigenvalue weighted by molar-refractivity contribution is 5.36. The summed E-state index contributed by atoms with van der Waals surface area (Å²) >= 11 is 0. The van der Waals surface area contributed by atoms with Crippen molar-refractivity contribution < 1.29 is 5.11 Å². The molecular weight excluding hydrogens is 234 g/mol. The maximum Gasteiger partial charge on any atom is 0.0448 e. The first-order valence-corrected chi connectivity index (χ1v) is 7.17. The van der Waals surface area contributed by atoms with Crippen LogP contribution in [-0.2, 0) is 6.42 Å². The lowest BCUT2D eigenvalue weighted by atomic mass is 9.96. The molecule has 0 heterocycles. The summed E-state index contributed by atoms with van der Waals surface area (Å²) in [6.45, 7) is 12.2. The Balaban J connectivity index is 2.69. The molecule has 1 rings (SSSR count). The van der Waals surface area contributed by atoms with Crippen LogP contribution < -0.4 is 0 Å². The van der Waals surface area contributed by atoms with Gasteiger partial charge in [0.2, 0.25) is 0 Å². The first kappa shape index (κ1) is 16.2.